The first-order valence-electron chi connectivity index (χ1n) is 8.82. The lowest BCUT2D eigenvalue weighted by Crippen LogP contribution is -2.47. The lowest BCUT2D eigenvalue weighted by atomic mass is 10.2. The molecule has 8 heteroatoms. The minimum absolute atomic E-state index is 0.153. The number of nitrogens with one attached hydrogen (secondary N) is 1. The molecule has 0 unspecified atom stereocenters. The van der Waals surface area contributed by atoms with E-state index in [0.29, 0.717) is 6.54 Å². The number of para-hydroxylation sites is 1. The summed E-state index contributed by atoms with van der Waals surface area (Å²) in [5.41, 5.74) is 1.50. The number of anilines is 2. The SMILES string of the molecule is C[C@@H](C(=O)N1CCc2ccccc21)N(C)CC(=O)Nc1ccc(F)c(F)c1F. The number of rotatable bonds is 5. The number of nitrogens with zero attached hydrogens (tertiary/aromatic N) is 2. The highest BCUT2D eigenvalue weighted by Crippen LogP contribution is 2.28. The molecule has 5 nitrogen and oxygen atoms in total. The molecule has 1 aliphatic heterocycles. The lowest BCUT2D eigenvalue weighted by Gasteiger charge is -2.28. The molecular weight excluding hydrogens is 371 g/mol. The third kappa shape index (κ3) is 3.87. The fourth-order valence-electron chi connectivity index (χ4n) is 3.16. The van der Waals surface area contributed by atoms with Gasteiger partial charge < -0.3 is 10.2 Å². The Hall–Kier alpha value is -2.87. The Morgan fingerprint density at radius 2 is 1.86 bits per heavy atom. The Morgan fingerprint density at radius 1 is 1.14 bits per heavy atom. The number of halogens is 3. The molecule has 0 saturated heterocycles. The summed E-state index contributed by atoms with van der Waals surface area (Å²) in [7, 11) is 1.59. The van der Waals surface area contributed by atoms with Gasteiger partial charge in [-0.05, 0) is 44.2 Å². The molecular formula is C20H20F3N3O2. The molecule has 1 heterocycles. The van der Waals surface area contributed by atoms with Gasteiger partial charge in [0.25, 0.3) is 0 Å². The van der Waals surface area contributed by atoms with Crippen LogP contribution in [0.5, 0.6) is 0 Å². The highest BCUT2D eigenvalue weighted by molar-refractivity contribution is 5.99. The standard InChI is InChI=1S/C20H20F3N3O2/c1-12(20(28)26-10-9-13-5-3-4-6-16(13)26)25(2)11-17(27)24-15-8-7-14(21)18(22)19(15)23/h3-8,12H,9-11H2,1-2H3,(H,24,27)/t12-/m0/s1. The van der Waals surface area contributed by atoms with Gasteiger partial charge in [-0.25, -0.2) is 13.2 Å². The first-order valence-corrected chi connectivity index (χ1v) is 8.82. The van der Waals surface area contributed by atoms with E-state index in [9.17, 15) is 22.8 Å². The van der Waals surface area contributed by atoms with Crippen LogP contribution in [0.4, 0.5) is 24.5 Å². The Labute approximate surface area is 160 Å². The Kier molecular flexibility index (Phi) is 5.69. The molecule has 0 bridgehead atoms. The maximum Gasteiger partial charge on any atom is 0.244 e. The molecule has 1 N–H and O–H groups in total. The van der Waals surface area contributed by atoms with Crippen LogP contribution in [-0.4, -0.2) is 42.9 Å². The largest absolute Gasteiger partial charge is 0.322 e. The fourth-order valence-corrected chi connectivity index (χ4v) is 3.16. The molecule has 3 rings (SSSR count). The van der Waals surface area contributed by atoms with E-state index in [1.807, 2.05) is 24.3 Å². The molecule has 1 aliphatic rings. The second-order valence-electron chi connectivity index (χ2n) is 6.73. The van der Waals surface area contributed by atoms with Gasteiger partial charge >= 0.3 is 0 Å². The maximum atomic E-state index is 13.7. The topological polar surface area (TPSA) is 52.7 Å². The summed E-state index contributed by atoms with van der Waals surface area (Å²) >= 11 is 0. The molecule has 2 aromatic carbocycles. The quantitative estimate of drug-likeness (QED) is 0.798. The van der Waals surface area contributed by atoms with Crippen molar-refractivity contribution in [1.82, 2.24) is 4.90 Å². The van der Waals surface area contributed by atoms with Crippen molar-refractivity contribution in [2.75, 3.05) is 30.4 Å². The van der Waals surface area contributed by atoms with E-state index in [2.05, 4.69) is 5.32 Å². The molecule has 0 spiro atoms. The van der Waals surface area contributed by atoms with E-state index in [1.54, 1.807) is 18.9 Å². The highest BCUT2D eigenvalue weighted by atomic mass is 19.2. The molecule has 2 aromatic rings. The molecule has 0 saturated carbocycles. The molecule has 0 aromatic heterocycles. The number of carbonyl (C=O) groups excluding carboxylic acids is 2. The van der Waals surface area contributed by atoms with Gasteiger partial charge in [-0.3, -0.25) is 14.5 Å². The summed E-state index contributed by atoms with van der Waals surface area (Å²) in [4.78, 5) is 28.2. The summed E-state index contributed by atoms with van der Waals surface area (Å²) in [5, 5.41) is 2.20. The van der Waals surface area contributed by atoms with Gasteiger partial charge in [0.15, 0.2) is 17.5 Å². The predicted octanol–water partition coefficient (Wildman–Crippen LogP) is 2.95. The zero-order valence-corrected chi connectivity index (χ0v) is 15.5. The Bertz CT molecular complexity index is 920. The van der Waals surface area contributed by atoms with Crippen LogP contribution in [0.25, 0.3) is 0 Å². The van der Waals surface area contributed by atoms with Crippen LogP contribution >= 0.6 is 0 Å². The summed E-state index contributed by atoms with van der Waals surface area (Å²) < 4.78 is 39.9. The number of hydrogen-bond acceptors (Lipinski definition) is 3. The molecule has 0 aliphatic carbocycles. The molecule has 2 amide bonds. The van der Waals surface area contributed by atoms with Crippen LogP contribution in [-0.2, 0) is 16.0 Å². The maximum absolute atomic E-state index is 13.7. The van der Waals surface area contributed by atoms with E-state index >= 15 is 0 Å². The van der Waals surface area contributed by atoms with E-state index in [0.717, 1.165) is 29.8 Å². The minimum Gasteiger partial charge on any atom is -0.322 e. The second kappa shape index (κ2) is 8.02. The second-order valence-corrected chi connectivity index (χ2v) is 6.73. The van der Waals surface area contributed by atoms with Gasteiger partial charge in [0.2, 0.25) is 11.8 Å². The van der Waals surface area contributed by atoms with Crippen LogP contribution < -0.4 is 10.2 Å². The molecule has 148 valence electrons. The third-order valence-corrected chi connectivity index (χ3v) is 4.87. The fraction of sp³-hybridized carbons (Fsp3) is 0.300. The smallest absolute Gasteiger partial charge is 0.244 e. The molecule has 1 atom stereocenters. The van der Waals surface area contributed by atoms with Gasteiger partial charge in [-0.15, -0.1) is 0 Å². The summed E-state index contributed by atoms with van der Waals surface area (Å²) in [6.45, 7) is 2.03. The van der Waals surface area contributed by atoms with Crippen LogP contribution in [0.2, 0.25) is 0 Å². The number of amides is 2. The van der Waals surface area contributed by atoms with Crippen LogP contribution in [0.15, 0.2) is 36.4 Å². The van der Waals surface area contributed by atoms with Crippen molar-refractivity contribution in [3.63, 3.8) is 0 Å². The lowest BCUT2D eigenvalue weighted by molar-refractivity contribution is -0.124. The van der Waals surface area contributed by atoms with E-state index in [4.69, 9.17) is 0 Å². The zero-order chi connectivity index (χ0) is 20.4. The normalized spacial score (nSPS) is 14.1. The van der Waals surface area contributed by atoms with Crippen molar-refractivity contribution in [3.05, 3.63) is 59.4 Å². The van der Waals surface area contributed by atoms with Crippen molar-refractivity contribution >= 4 is 23.2 Å². The molecule has 28 heavy (non-hydrogen) atoms. The zero-order valence-electron chi connectivity index (χ0n) is 15.5. The number of hydrogen-bond donors (Lipinski definition) is 1. The first kappa shape index (κ1) is 19.9. The average Bonchev–Trinajstić information content (AvgIpc) is 3.11. The summed E-state index contributed by atoms with van der Waals surface area (Å²) in [6, 6.07) is 8.71. The van der Waals surface area contributed by atoms with Crippen molar-refractivity contribution in [2.24, 2.45) is 0 Å². The average molecular weight is 391 g/mol. The van der Waals surface area contributed by atoms with Crippen LogP contribution in [0.1, 0.15) is 12.5 Å². The number of carbonyl (C=O) groups is 2. The number of likely N-dealkylation sites (N-methyl/N-ethyl adjacent to an activating group) is 1. The Morgan fingerprint density at radius 3 is 2.61 bits per heavy atom. The highest BCUT2D eigenvalue weighted by Gasteiger charge is 2.30. The number of fused-ring (bicyclic) bond motifs is 1. The molecule has 0 fully saturated rings. The van der Waals surface area contributed by atoms with Crippen molar-refractivity contribution in [3.8, 4) is 0 Å². The first-order chi connectivity index (χ1) is 13.3. The minimum atomic E-state index is -1.65. The predicted molar refractivity (Wildman–Crippen MR) is 99.5 cm³/mol. The Balaban J connectivity index is 1.63. The van der Waals surface area contributed by atoms with E-state index in [-0.39, 0.29) is 12.5 Å². The van der Waals surface area contributed by atoms with Crippen molar-refractivity contribution < 1.29 is 22.8 Å². The van der Waals surface area contributed by atoms with Crippen LogP contribution in [0, 0.1) is 17.5 Å². The van der Waals surface area contributed by atoms with E-state index < -0.39 is 35.1 Å². The monoisotopic (exact) mass is 391 g/mol. The summed E-state index contributed by atoms with van der Waals surface area (Å²) in [6.07, 6.45) is 0.772. The van der Waals surface area contributed by atoms with Gasteiger partial charge in [-0.1, -0.05) is 18.2 Å². The van der Waals surface area contributed by atoms with Crippen molar-refractivity contribution in [1.29, 1.82) is 0 Å². The number of benzene rings is 2. The van der Waals surface area contributed by atoms with Gasteiger partial charge in [0, 0.05) is 12.2 Å². The van der Waals surface area contributed by atoms with Crippen LogP contribution in [0.3, 0.4) is 0 Å². The van der Waals surface area contributed by atoms with Gasteiger partial charge in [0.1, 0.15) is 0 Å². The van der Waals surface area contributed by atoms with E-state index in [1.165, 1.54) is 4.90 Å². The van der Waals surface area contributed by atoms with Crippen molar-refractivity contribution in [2.45, 2.75) is 19.4 Å². The van der Waals surface area contributed by atoms with Gasteiger partial charge in [-0.2, -0.15) is 0 Å². The molecule has 0 radical (unpaired) electrons. The third-order valence-electron chi connectivity index (χ3n) is 4.87. The van der Waals surface area contributed by atoms with Gasteiger partial charge in [0.05, 0.1) is 18.3 Å². The summed E-state index contributed by atoms with van der Waals surface area (Å²) in [5.74, 6) is -5.25.